The number of halogens is 2. The summed E-state index contributed by atoms with van der Waals surface area (Å²) in [6.45, 7) is 0.234. The van der Waals surface area contributed by atoms with Crippen LogP contribution in [0, 0.1) is 11.6 Å². The van der Waals surface area contributed by atoms with E-state index >= 15 is 0 Å². The Labute approximate surface area is 110 Å². The lowest BCUT2D eigenvalue weighted by atomic mass is 9.80. The molecule has 0 aromatic heterocycles. The summed E-state index contributed by atoms with van der Waals surface area (Å²) in [4.78, 5) is 11.6. The third kappa shape index (κ3) is 3.50. The molecule has 0 radical (unpaired) electrons. The summed E-state index contributed by atoms with van der Waals surface area (Å²) in [6.07, 6.45) is 2.60. The largest absolute Gasteiger partial charge is 0.388 e. The van der Waals surface area contributed by atoms with Gasteiger partial charge in [-0.25, -0.2) is 8.78 Å². The third-order valence-electron chi connectivity index (χ3n) is 3.55. The standard InChI is InChI=1S/C14H17F2NO2/c15-11-4-1-3-10(13(11)16)5-6-12(18)17-9-14(19)7-2-8-14/h1,3-4,19H,2,5-9H2,(H,17,18). The number of rotatable bonds is 5. The molecule has 2 N–H and O–H groups in total. The van der Waals surface area contributed by atoms with Crippen LogP contribution in [0.5, 0.6) is 0 Å². The van der Waals surface area contributed by atoms with Crippen LogP contribution in [0.25, 0.3) is 0 Å². The van der Waals surface area contributed by atoms with Gasteiger partial charge in [-0.15, -0.1) is 0 Å². The molecule has 0 bridgehead atoms. The molecule has 2 rings (SSSR count). The highest BCUT2D eigenvalue weighted by Gasteiger charge is 2.34. The Balaban J connectivity index is 1.78. The van der Waals surface area contributed by atoms with E-state index in [9.17, 15) is 18.7 Å². The van der Waals surface area contributed by atoms with Gasteiger partial charge in [0, 0.05) is 13.0 Å². The minimum absolute atomic E-state index is 0.0798. The lowest BCUT2D eigenvalue weighted by Gasteiger charge is -2.36. The van der Waals surface area contributed by atoms with Crippen molar-refractivity contribution in [3.05, 3.63) is 35.4 Å². The van der Waals surface area contributed by atoms with E-state index in [1.807, 2.05) is 0 Å². The average molecular weight is 269 g/mol. The second kappa shape index (κ2) is 5.65. The maximum absolute atomic E-state index is 13.3. The zero-order valence-corrected chi connectivity index (χ0v) is 10.6. The Morgan fingerprint density at radius 1 is 1.37 bits per heavy atom. The van der Waals surface area contributed by atoms with Crippen LogP contribution in [0.15, 0.2) is 18.2 Å². The fraction of sp³-hybridized carbons (Fsp3) is 0.500. The summed E-state index contributed by atoms with van der Waals surface area (Å²) in [6, 6.07) is 3.93. The summed E-state index contributed by atoms with van der Waals surface area (Å²) in [7, 11) is 0. The van der Waals surface area contributed by atoms with E-state index in [0.29, 0.717) is 12.8 Å². The molecule has 0 unspecified atom stereocenters. The predicted octanol–water partition coefficient (Wildman–Crippen LogP) is 1.93. The first-order valence-corrected chi connectivity index (χ1v) is 6.42. The summed E-state index contributed by atoms with van der Waals surface area (Å²) < 4.78 is 26.3. The Bertz CT molecular complexity index is 473. The molecule has 1 aliphatic carbocycles. The topological polar surface area (TPSA) is 49.3 Å². The fourth-order valence-electron chi connectivity index (χ4n) is 2.10. The van der Waals surface area contributed by atoms with Gasteiger partial charge in [0.05, 0.1) is 5.60 Å². The van der Waals surface area contributed by atoms with Gasteiger partial charge in [-0.05, 0) is 37.3 Å². The van der Waals surface area contributed by atoms with E-state index in [1.54, 1.807) is 0 Å². The fourth-order valence-corrected chi connectivity index (χ4v) is 2.10. The molecule has 0 saturated heterocycles. The predicted molar refractivity (Wildman–Crippen MR) is 66.5 cm³/mol. The van der Waals surface area contributed by atoms with Crippen LogP contribution in [-0.2, 0) is 11.2 Å². The van der Waals surface area contributed by atoms with Gasteiger partial charge in [-0.2, -0.15) is 0 Å². The molecule has 0 spiro atoms. The number of amides is 1. The molecule has 0 heterocycles. The summed E-state index contributed by atoms with van der Waals surface area (Å²) in [5.41, 5.74) is -0.572. The number of aliphatic hydroxyl groups is 1. The van der Waals surface area contributed by atoms with Crippen molar-refractivity contribution in [1.29, 1.82) is 0 Å². The van der Waals surface area contributed by atoms with Crippen molar-refractivity contribution >= 4 is 5.91 Å². The normalized spacial score (nSPS) is 16.8. The van der Waals surface area contributed by atoms with Crippen LogP contribution in [0.1, 0.15) is 31.2 Å². The second-order valence-electron chi connectivity index (χ2n) is 5.07. The molecular formula is C14H17F2NO2. The van der Waals surface area contributed by atoms with Crippen LogP contribution in [0.4, 0.5) is 8.78 Å². The lowest BCUT2D eigenvalue weighted by Crippen LogP contribution is -2.47. The van der Waals surface area contributed by atoms with Gasteiger partial charge < -0.3 is 10.4 Å². The van der Waals surface area contributed by atoms with Gasteiger partial charge in [0.2, 0.25) is 5.91 Å². The molecule has 0 atom stereocenters. The molecule has 1 aromatic rings. The number of aryl methyl sites for hydroxylation is 1. The second-order valence-corrected chi connectivity index (χ2v) is 5.07. The summed E-state index contributed by atoms with van der Waals surface area (Å²) in [5.74, 6) is -2.06. The monoisotopic (exact) mass is 269 g/mol. The molecule has 1 aliphatic rings. The van der Waals surface area contributed by atoms with Gasteiger partial charge in [-0.1, -0.05) is 12.1 Å². The van der Waals surface area contributed by atoms with Crippen LogP contribution < -0.4 is 5.32 Å². The minimum atomic E-state index is -0.901. The number of carbonyl (C=O) groups excluding carboxylic acids is 1. The third-order valence-corrected chi connectivity index (χ3v) is 3.55. The molecule has 3 nitrogen and oxygen atoms in total. The van der Waals surface area contributed by atoms with Crippen molar-refractivity contribution in [2.24, 2.45) is 0 Å². The maximum Gasteiger partial charge on any atom is 0.220 e. The molecule has 104 valence electrons. The Hall–Kier alpha value is -1.49. The molecule has 1 saturated carbocycles. The van der Waals surface area contributed by atoms with Gasteiger partial charge in [0.1, 0.15) is 0 Å². The van der Waals surface area contributed by atoms with Crippen molar-refractivity contribution in [2.75, 3.05) is 6.54 Å². The number of hydrogen-bond acceptors (Lipinski definition) is 2. The molecular weight excluding hydrogens is 252 g/mol. The van der Waals surface area contributed by atoms with Gasteiger partial charge >= 0.3 is 0 Å². The number of nitrogens with one attached hydrogen (secondary N) is 1. The minimum Gasteiger partial charge on any atom is -0.388 e. The first-order chi connectivity index (χ1) is 9.00. The molecule has 5 heteroatoms. The van der Waals surface area contributed by atoms with Crippen LogP contribution >= 0.6 is 0 Å². The highest BCUT2D eigenvalue weighted by Crippen LogP contribution is 2.30. The molecule has 1 aromatic carbocycles. The zero-order chi connectivity index (χ0) is 13.9. The van der Waals surface area contributed by atoms with E-state index in [1.165, 1.54) is 12.1 Å². The molecule has 19 heavy (non-hydrogen) atoms. The SMILES string of the molecule is O=C(CCc1cccc(F)c1F)NCC1(O)CCC1. The van der Waals surface area contributed by atoms with E-state index in [-0.39, 0.29) is 30.9 Å². The van der Waals surface area contributed by atoms with E-state index in [0.717, 1.165) is 12.5 Å². The zero-order valence-electron chi connectivity index (χ0n) is 10.6. The Morgan fingerprint density at radius 2 is 2.11 bits per heavy atom. The number of carbonyl (C=O) groups is 1. The van der Waals surface area contributed by atoms with Crippen molar-refractivity contribution in [3.63, 3.8) is 0 Å². The first kappa shape index (κ1) is 13.9. The van der Waals surface area contributed by atoms with Crippen molar-refractivity contribution in [1.82, 2.24) is 5.32 Å². The molecule has 1 fully saturated rings. The smallest absolute Gasteiger partial charge is 0.220 e. The number of benzene rings is 1. The van der Waals surface area contributed by atoms with E-state index < -0.39 is 17.2 Å². The first-order valence-electron chi connectivity index (χ1n) is 6.42. The summed E-state index contributed by atoms with van der Waals surface area (Å²) >= 11 is 0. The highest BCUT2D eigenvalue weighted by atomic mass is 19.2. The number of hydrogen-bond donors (Lipinski definition) is 2. The van der Waals surface area contributed by atoms with Gasteiger partial charge in [0.15, 0.2) is 11.6 Å². The van der Waals surface area contributed by atoms with Crippen LogP contribution in [0.3, 0.4) is 0 Å². The van der Waals surface area contributed by atoms with Crippen molar-refractivity contribution in [3.8, 4) is 0 Å². The molecule has 0 aliphatic heterocycles. The summed E-state index contributed by atoms with van der Waals surface area (Å²) in [5, 5.41) is 12.4. The lowest BCUT2D eigenvalue weighted by molar-refractivity contribution is -0.123. The molecule has 1 amide bonds. The van der Waals surface area contributed by atoms with E-state index in [4.69, 9.17) is 0 Å². The quantitative estimate of drug-likeness (QED) is 0.858. The van der Waals surface area contributed by atoms with Crippen LogP contribution in [-0.4, -0.2) is 23.2 Å². The van der Waals surface area contributed by atoms with Crippen molar-refractivity contribution in [2.45, 2.75) is 37.7 Å². The van der Waals surface area contributed by atoms with Gasteiger partial charge in [-0.3, -0.25) is 4.79 Å². The Kier molecular flexibility index (Phi) is 4.14. The van der Waals surface area contributed by atoms with Crippen LogP contribution in [0.2, 0.25) is 0 Å². The maximum atomic E-state index is 13.3. The van der Waals surface area contributed by atoms with Gasteiger partial charge in [0.25, 0.3) is 0 Å². The highest BCUT2D eigenvalue weighted by molar-refractivity contribution is 5.76. The van der Waals surface area contributed by atoms with E-state index in [2.05, 4.69) is 5.32 Å². The van der Waals surface area contributed by atoms with Crippen molar-refractivity contribution < 1.29 is 18.7 Å². The average Bonchev–Trinajstić information content (AvgIpc) is 2.36. The Morgan fingerprint density at radius 3 is 2.74 bits per heavy atom.